The molecular weight excluding hydrogens is 272 g/mol. The fourth-order valence-electron chi connectivity index (χ4n) is 1.38. The second kappa shape index (κ2) is 6.60. The normalized spacial score (nSPS) is 13.2. The van der Waals surface area contributed by atoms with Gasteiger partial charge in [0, 0.05) is 19.3 Å². The molecule has 0 aliphatic carbocycles. The molecule has 106 valence electrons. The van der Waals surface area contributed by atoms with Crippen LogP contribution in [0.5, 0.6) is 0 Å². The van der Waals surface area contributed by atoms with E-state index < -0.39 is 16.0 Å². The molecule has 0 amide bonds. The number of hydrogen-bond acceptors (Lipinski definition) is 5. The average molecular weight is 288 g/mol. The number of carbonyl (C=O) groups is 1. The summed E-state index contributed by atoms with van der Waals surface area (Å²) in [7, 11) is -2.29. The summed E-state index contributed by atoms with van der Waals surface area (Å²) in [6.45, 7) is 2.08. The van der Waals surface area contributed by atoms with Crippen LogP contribution >= 0.6 is 0 Å². The lowest BCUT2D eigenvalue weighted by Crippen LogP contribution is -2.37. The van der Waals surface area contributed by atoms with Gasteiger partial charge >= 0.3 is 5.97 Å². The Morgan fingerprint density at radius 3 is 2.63 bits per heavy atom. The summed E-state index contributed by atoms with van der Waals surface area (Å²) >= 11 is 0. The van der Waals surface area contributed by atoms with Crippen LogP contribution < -0.4 is 4.72 Å². The van der Waals surface area contributed by atoms with Gasteiger partial charge in [-0.25, -0.2) is 22.9 Å². The van der Waals surface area contributed by atoms with Gasteiger partial charge in [0.05, 0.1) is 12.2 Å². The van der Waals surface area contributed by atoms with Gasteiger partial charge in [-0.1, -0.05) is 6.92 Å². The molecule has 0 bridgehead atoms. The van der Waals surface area contributed by atoms with Crippen LogP contribution in [0.3, 0.4) is 0 Å². The third-order valence-electron chi connectivity index (χ3n) is 2.44. The zero-order valence-corrected chi connectivity index (χ0v) is 11.5. The summed E-state index contributed by atoms with van der Waals surface area (Å²) in [4.78, 5) is 14.3. The summed E-state index contributed by atoms with van der Waals surface area (Å²) < 4.78 is 31.3. The van der Waals surface area contributed by atoms with Crippen molar-refractivity contribution in [2.24, 2.45) is 0 Å². The van der Waals surface area contributed by atoms with Crippen molar-refractivity contribution in [1.29, 1.82) is 0 Å². The Labute approximate surface area is 111 Å². The Hall–Kier alpha value is -1.51. The Balaban J connectivity index is 2.90. The summed E-state index contributed by atoms with van der Waals surface area (Å²) in [5.74, 6) is -1.16. The van der Waals surface area contributed by atoms with Crippen LogP contribution in [-0.4, -0.2) is 44.2 Å². The lowest BCUT2D eigenvalue weighted by Gasteiger charge is -2.15. The van der Waals surface area contributed by atoms with E-state index in [-0.39, 0.29) is 23.2 Å². The summed E-state index contributed by atoms with van der Waals surface area (Å²) in [6.07, 6.45) is 1.58. The molecule has 2 N–H and O–H groups in total. The summed E-state index contributed by atoms with van der Waals surface area (Å²) in [5, 5.41) is 8.49. The molecule has 0 saturated carbocycles. The molecule has 0 radical (unpaired) electrons. The molecule has 7 nitrogen and oxygen atoms in total. The number of ether oxygens (including phenoxy) is 1. The molecule has 8 heteroatoms. The molecule has 1 unspecified atom stereocenters. The summed E-state index contributed by atoms with van der Waals surface area (Å²) in [5.41, 5.74) is -0.0668. The van der Waals surface area contributed by atoms with Crippen LogP contribution in [0, 0.1) is 0 Å². The minimum absolute atomic E-state index is 0.0668. The highest BCUT2D eigenvalue weighted by molar-refractivity contribution is 7.89. The van der Waals surface area contributed by atoms with E-state index in [0.717, 1.165) is 12.3 Å². The van der Waals surface area contributed by atoms with Gasteiger partial charge in [-0.05, 0) is 18.6 Å². The van der Waals surface area contributed by atoms with Crippen LogP contribution in [0.4, 0.5) is 0 Å². The first-order valence-electron chi connectivity index (χ1n) is 5.61. The fourth-order valence-corrected chi connectivity index (χ4v) is 2.61. The van der Waals surface area contributed by atoms with Crippen LogP contribution in [-0.2, 0) is 14.8 Å². The molecule has 1 rings (SSSR count). The number of carboxylic acid groups (broad SMARTS) is 1. The van der Waals surface area contributed by atoms with Crippen molar-refractivity contribution in [2.75, 3.05) is 13.7 Å². The smallest absolute Gasteiger partial charge is 0.337 e. The van der Waals surface area contributed by atoms with Crippen molar-refractivity contribution in [3.05, 3.63) is 23.9 Å². The van der Waals surface area contributed by atoms with Gasteiger partial charge < -0.3 is 9.84 Å². The minimum atomic E-state index is -3.77. The number of methoxy groups -OCH3 is 1. The molecule has 0 aliphatic heterocycles. The van der Waals surface area contributed by atoms with E-state index in [1.165, 1.54) is 13.2 Å². The molecule has 0 aliphatic rings. The predicted octanol–water partition coefficient (Wildman–Crippen LogP) is 0.483. The van der Waals surface area contributed by atoms with Gasteiger partial charge in [0.1, 0.15) is 0 Å². The molecule has 0 fully saturated rings. The zero-order valence-electron chi connectivity index (χ0n) is 10.7. The second-order valence-electron chi connectivity index (χ2n) is 3.87. The maximum absolute atomic E-state index is 12.0. The molecule has 19 heavy (non-hydrogen) atoms. The topological polar surface area (TPSA) is 106 Å². The molecule has 0 saturated heterocycles. The van der Waals surface area contributed by atoms with Gasteiger partial charge in [-0.3, -0.25) is 0 Å². The molecule has 1 atom stereocenters. The summed E-state index contributed by atoms with van der Waals surface area (Å²) in [6, 6.07) is 2.00. The Kier molecular flexibility index (Phi) is 5.40. The van der Waals surface area contributed by atoms with Crippen molar-refractivity contribution in [3.8, 4) is 0 Å². The third kappa shape index (κ3) is 4.27. The standard InChI is InChI=1S/C11H16N2O5S/c1-3-9(7-18-2)13-19(16,17)10-5-4-8(6-12-10)11(14)15/h4-6,9,13H,3,7H2,1-2H3,(H,14,15). The van der Waals surface area contributed by atoms with E-state index in [4.69, 9.17) is 9.84 Å². The van der Waals surface area contributed by atoms with Crippen molar-refractivity contribution in [3.63, 3.8) is 0 Å². The average Bonchev–Trinajstić information content (AvgIpc) is 2.38. The van der Waals surface area contributed by atoms with Crippen LogP contribution in [0.2, 0.25) is 0 Å². The largest absolute Gasteiger partial charge is 0.478 e. The third-order valence-corrected chi connectivity index (χ3v) is 3.88. The van der Waals surface area contributed by atoms with Gasteiger partial charge in [0.2, 0.25) is 0 Å². The van der Waals surface area contributed by atoms with E-state index in [1.807, 2.05) is 6.92 Å². The molecule has 1 aromatic rings. The Bertz CT molecular complexity index is 527. The number of aromatic nitrogens is 1. The van der Waals surface area contributed by atoms with Crippen molar-refractivity contribution in [1.82, 2.24) is 9.71 Å². The Morgan fingerprint density at radius 2 is 2.21 bits per heavy atom. The van der Waals surface area contributed by atoms with Crippen molar-refractivity contribution >= 4 is 16.0 Å². The monoisotopic (exact) mass is 288 g/mol. The lowest BCUT2D eigenvalue weighted by atomic mass is 10.3. The van der Waals surface area contributed by atoms with E-state index in [0.29, 0.717) is 6.42 Å². The first kappa shape index (κ1) is 15.5. The first-order chi connectivity index (χ1) is 8.90. The van der Waals surface area contributed by atoms with E-state index in [9.17, 15) is 13.2 Å². The van der Waals surface area contributed by atoms with Crippen molar-refractivity contribution in [2.45, 2.75) is 24.4 Å². The molecule has 0 spiro atoms. The quantitative estimate of drug-likeness (QED) is 0.756. The molecule has 1 heterocycles. The molecule has 1 aromatic heterocycles. The number of hydrogen-bond donors (Lipinski definition) is 2. The maximum atomic E-state index is 12.0. The van der Waals surface area contributed by atoms with Gasteiger partial charge in [-0.2, -0.15) is 0 Å². The van der Waals surface area contributed by atoms with Gasteiger partial charge in [-0.15, -0.1) is 0 Å². The number of nitrogens with one attached hydrogen (secondary N) is 1. The highest BCUT2D eigenvalue weighted by Gasteiger charge is 2.20. The number of rotatable bonds is 7. The fraction of sp³-hybridized carbons (Fsp3) is 0.455. The minimum Gasteiger partial charge on any atom is -0.478 e. The van der Waals surface area contributed by atoms with E-state index >= 15 is 0 Å². The highest BCUT2D eigenvalue weighted by atomic mass is 32.2. The number of nitrogens with zero attached hydrogens (tertiary/aromatic N) is 1. The maximum Gasteiger partial charge on any atom is 0.337 e. The van der Waals surface area contributed by atoms with Crippen LogP contribution in [0.25, 0.3) is 0 Å². The second-order valence-corrected chi connectivity index (χ2v) is 5.53. The molecule has 0 aromatic carbocycles. The van der Waals surface area contributed by atoms with Crippen LogP contribution in [0.15, 0.2) is 23.4 Å². The molecular formula is C11H16N2O5S. The van der Waals surface area contributed by atoms with E-state index in [2.05, 4.69) is 9.71 Å². The lowest BCUT2D eigenvalue weighted by molar-refractivity contribution is 0.0696. The first-order valence-corrected chi connectivity index (χ1v) is 7.09. The SMILES string of the molecule is CCC(COC)NS(=O)(=O)c1ccc(C(=O)O)cn1. The number of sulfonamides is 1. The predicted molar refractivity (Wildman–Crippen MR) is 67.5 cm³/mol. The van der Waals surface area contributed by atoms with Gasteiger partial charge in [0.25, 0.3) is 10.0 Å². The zero-order chi connectivity index (χ0) is 14.5. The van der Waals surface area contributed by atoms with Crippen LogP contribution in [0.1, 0.15) is 23.7 Å². The van der Waals surface area contributed by atoms with Crippen molar-refractivity contribution < 1.29 is 23.1 Å². The number of pyridine rings is 1. The highest BCUT2D eigenvalue weighted by Crippen LogP contribution is 2.08. The van der Waals surface area contributed by atoms with E-state index in [1.54, 1.807) is 0 Å². The Morgan fingerprint density at radius 1 is 1.53 bits per heavy atom. The number of carboxylic acids is 1. The number of aromatic carboxylic acids is 1. The van der Waals surface area contributed by atoms with Gasteiger partial charge in [0.15, 0.2) is 5.03 Å².